The number of H-pyrrole nitrogens is 1. The van der Waals surface area contributed by atoms with E-state index in [9.17, 15) is 4.79 Å². The number of ether oxygens (including phenoxy) is 1. The lowest BCUT2D eigenvalue weighted by molar-refractivity contribution is 0.0731. The standard InChI is InChI=1S/C19H23N5O2/c1-11-17(14-10-13(26-4)7-8-15(14)23(11)3)19(25)24-9-5-6-16(24)18-20-12(2)21-22-18/h7-8,10,16H,5-6,9H2,1-4H3,(H,20,21,22). The number of aromatic nitrogens is 4. The minimum atomic E-state index is -0.0762. The summed E-state index contributed by atoms with van der Waals surface area (Å²) >= 11 is 0. The monoisotopic (exact) mass is 353 g/mol. The summed E-state index contributed by atoms with van der Waals surface area (Å²) in [6.07, 6.45) is 1.84. The SMILES string of the molecule is COc1ccc2c(c1)c(C(=O)N1CCCC1c1n[nH]c(C)n1)c(C)n2C. The van der Waals surface area contributed by atoms with Gasteiger partial charge in [0.2, 0.25) is 0 Å². The third-order valence-electron chi connectivity index (χ3n) is 5.34. The van der Waals surface area contributed by atoms with Crippen LogP contribution in [-0.2, 0) is 7.05 Å². The van der Waals surface area contributed by atoms with Crippen molar-refractivity contribution in [3.05, 3.63) is 41.1 Å². The van der Waals surface area contributed by atoms with E-state index in [0.29, 0.717) is 5.82 Å². The van der Waals surface area contributed by atoms with E-state index in [1.165, 1.54) is 0 Å². The van der Waals surface area contributed by atoms with Crippen LogP contribution in [0.5, 0.6) is 5.75 Å². The second-order valence-electron chi connectivity index (χ2n) is 6.84. The van der Waals surface area contributed by atoms with E-state index in [1.807, 2.05) is 44.0 Å². The number of carbonyl (C=O) groups excluding carboxylic acids is 1. The van der Waals surface area contributed by atoms with Crippen LogP contribution in [0.2, 0.25) is 0 Å². The van der Waals surface area contributed by atoms with Gasteiger partial charge in [-0.25, -0.2) is 4.98 Å². The number of nitrogens with one attached hydrogen (secondary N) is 1. The lowest BCUT2D eigenvalue weighted by atomic mass is 10.1. The summed E-state index contributed by atoms with van der Waals surface area (Å²) in [5.41, 5.74) is 2.71. The summed E-state index contributed by atoms with van der Waals surface area (Å²) in [7, 11) is 3.63. The van der Waals surface area contributed by atoms with Crippen molar-refractivity contribution in [3.8, 4) is 5.75 Å². The molecule has 3 aromatic rings. The Labute approximate surface area is 152 Å². The number of aromatic amines is 1. The van der Waals surface area contributed by atoms with E-state index in [-0.39, 0.29) is 11.9 Å². The molecule has 0 bridgehead atoms. The zero-order valence-electron chi connectivity index (χ0n) is 15.5. The second kappa shape index (κ2) is 6.16. The highest BCUT2D eigenvalue weighted by Gasteiger charge is 2.35. The molecule has 7 heteroatoms. The quantitative estimate of drug-likeness (QED) is 0.785. The van der Waals surface area contributed by atoms with Crippen molar-refractivity contribution in [2.75, 3.05) is 13.7 Å². The predicted molar refractivity (Wildman–Crippen MR) is 98.3 cm³/mol. The summed E-state index contributed by atoms with van der Waals surface area (Å²) in [6, 6.07) is 5.79. The second-order valence-corrected chi connectivity index (χ2v) is 6.84. The first kappa shape index (κ1) is 16.6. The van der Waals surface area contributed by atoms with Crippen LogP contribution in [0, 0.1) is 13.8 Å². The number of nitrogens with zero attached hydrogens (tertiary/aromatic N) is 4. The van der Waals surface area contributed by atoms with Crippen LogP contribution in [0.3, 0.4) is 0 Å². The van der Waals surface area contributed by atoms with Crippen molar-refractivity contribution in [2.45, 2.75) is 32.7 Å². The molecule has 1 N–H and O–H groups in total. The average molecular weight is 353 g/mol. The van der Waals surface area contributed by atoms with Crippen LogP contribution >= 0.6 is 0 Å². The first-order chi connectivity index (χ1) is 12.5. The van der Waals surface area contributed by atoms with Gasteiger partial charge >= 0.3 is 0 Å². The number of benzene rings is 1. The largest absolute Gasteiger partial charge is 0.497 e. The van der Waals surface area contributed by atoms with Crippen LogP contribution in [0.15, 0.2) is 18.2 Å². The number of aryl methyl sites for hydroxylation is 2. The van der Waals surface area contributed by atoms with Crippen molar-refractivity contribution < 1.29 is 9.53 Å². The van der Waals surface area contributed by atoms with Gasteiger partial charge in [-0.15, -0.1) is 0 Å². The molecule has 0 saturated carbocycles. The molecule has 1 unspecified atom stereocenters. The van der Waals surface area contributed by atoms with Gasteiger partial charge in [0.05, 0.1) is 18.7 Å². The van der Waals surface area contributed by atoms with E-state index in [2.05, 4.69) is 19.7 Å². The molecule has 3 heterocycles. The van der Waals surface area contributed by atoms with E-state index in [0.717, 1.165) is 53.1 Å². The Morgan fingerprint density at radius 2 is 2.15 bits per heavy atom. The molecule has 1 fully saturated rings. The molecule has 1 aliphatic rings. The lowest BCUT2D eigenvalue weighted by Crippen LogP contribution is -2.31. The maximum atomic E-state index is 13.5. The fourth-order valence-electron chi connectivity index (χ4n) is 3.88. The van der Waals surface area contributed by atoms with Crippen molar-refractivity contribution in [3.63, 3.8) is 0 Å². The Morgan fingerprint density at radius 1 is 1.35 bits per heavy atom. The van der Waals surface area contributed by atoms with Crippen LogP contribution in [0.1, 0.15) is 46.6 Å². The van der Waals surface area contributed by atoms with Crippen molar-refractivity contribution in [1.29, 1.82) is 0 Å². The summed E-state index contributed by atoms with van der Waals surface area (Å²) < 4.78 is 7.43. The molecule has 1 aliphatic heterocycles. The topological polar surface area (TPSA) is 76.0 Å². The van der Waals surface area contributed by atoms with Gasteiger partial charge < -0.3 is 14.2 Å². The Balaban J connectivity index is 1.79. The Morgan fingerprint density at radius 3 is 2.85 bits per heavy atom. The number of fused-ring (bicyclic) bond motifs is 1. The van der Waals surface area contributed by atoms with Crippen molar-refractivity contribution in [1.82, 2.24) is 24.6 Å². The summed E-state index contributed by atoms with van der Waals surface area (Å²) in [5.74, 6) is 2.25. The van der Waals surface area contributed by atoms with E-state index in [1.54, 1.807) is 7.11 Å². The van der Waals surface area contributed by atoms with Gasteiger partial charge in [-0.1, -0.05) is 0 Å². The van der Waals surface area contributed by atoms with E-state index < -0.39 is 0 Å². The smallest absolute Gasteiger partial charge is 0.256 e. The maximum absolute atomic E-state index is 13.5. The molecular formula is C19H23N5O2. The number of hydrogen-bond acceptors (Lipinski definition) is 4. The third-order valence-corrected chi connectivity index (χ3v) is 5.34. The summed E-state index contributed by atoms with van der Waals surface area (Å²) in [4.78, 5) is 19.8. The highest BCUT2D eigenvalue weighted by molar-refractivity contribution is 6.09. The van der Waals surface area contributed by atoms with Gasteiger partial charge in [0, 0.05) is 30.2 Å². The zero-order chi connectivity index (χ0) is 18.4. The van der Waals surface area contributed by atoms with Gasteiger partial charge in [-0.05, 0) is 44.9 Å². The van der Waals surface area contributed by atoms with Gasteiger partial charge in [0.15, 0.2) is 5.82 Å². The maximum Gasteiger partial charge on any atom is 0.256 e. The fourth-order valence-corrected chi connectivity index (χ4v) is 3.88. The first-order valence-electron chi connectivity index (χ1n) is 8.84. The lowest BCUT2D eigenvalue weighted by Gasteiger charge is -2.23. The highest BCUT2D eigenvalue weighted by atomic mass is 16.5. The number of rotatable bonds is 3. The Kier molecular flexibility index (Phi) is 3.94. The predicted octanol–water partition coefficient (Wildman–Crippen LogP) is 2.90. The molecular weight excluding hydrogens is 330 g/mol. The number of carbonyl (C=O) groups is 1. The highest BCUT2D eigenvalue weighted by Crippen LogP contribution is 2.35. The molecule has 1 aromatic carbocycles. The number of hydrogen-bond donors (Lipinski definition) is 1. The van der Waals surface area contributed by atoms with E-state index >= 15 is 0 Å². The van der Waals surface area contributed by atoms with E-state index in [4.69, 9.17) is 4.74 Å². The van der Waals surface area contributed by atoms with Crippen LogP contribution in [-0.4, -0.2) is 44.2 Å². The molecule has 7 nitrogen and oxygen atoms in total. The Hall–Kier alpha value is -2.83. The zero-order valence-corrected chi connectivity index (χ0v) is 15.5. The minimum absolute atomic E-state index is 0.0336. The first-order valence-corrected chi connectivity index (χ1v) is 8.84. The molecule has 26 heavy (non-hydrogen) atoms. The molecule has 136 valence electrons. The number of amides is 1. The van der Waals surface area contributed by atoms with Crippen molar-refractivity contribution >= 4 is 16.8 Å². The molecule has 0 aliphatic carbocycles. The van der Waals surface area contributed by atoms with Crippen LogP contribution in [0.25, 0.3) is 10.9 Å². The van der Waals surface area contributed by atoms with Gasteiger partial charge in [-0.3, -0.25) is 9.89 Å². The third kappa shape index (κ3) is 2.46. The summed E-state index contributed by atoms with van der Waals surface area (Å²) in [5, 5.41) is 8.09. The molecule has 1 amide bonds. The molecule has 2 aromatic heterocycles. The minimum Gasteiger partial charge on any atom is -0.497 e. The fraction of sp³-hybridized carbons (Fsp3) is 0.421. The van der Waals surface area contributed by atoms with Gasteiger partial charge in [0.25, 0.3) is 5.91 Å². The normalized spacial score (nSPS) is 17.2. The van der Waals surface area contributed by atoms with Crippen LogP contribution < -0.4 is 4.74 Å². The van der Waals surface area contributed by atoms with Gasteiger partial charge in [0.1, 0.15) is 11.6 Å². The average Bonchev–Trinajstić information content (AvgIpc) is 3.34. The number of likely N-dealkylation sites (tertiary alicyclic amines) is 1. The molecule has 1 atom stereocenters. The van der Waals surface area contributed by atoms with Crippen molar-refractivity contribution in [2.24, 2.45) is 7.05 Å². The molecule has 4 rings (SSSR count). The molecule has 1 saturated heterocycles. The molecule has 0 radical (unpaired) electrons. The summed E-state index contributed by atoms with van der Waals surface area (Å²) in [6.45, 7) is 4.58. The molecule has 0 spiro atoms. The van der Waals surface area contributed by atoms with Crippen LogP contribution in [0.4, 0.5) is 0 Å². The number of methoxy groups -OCH3 is 1. The Bertz CT molecular complexity index is 987. The van der Waals surface area contributed by atoms with Gasteiger partial charge in [-0.2, -0.15) is 5.10 Å².